The summed E-state index contributed by atoms with van der Waals surface area (Å²) in [4.78, 5) is 11.3. The molecule has 0 aliphatic heterocycles. The maximum Gasteiger partial charge on any atom is 0.309 e. The van der Waals surface area contributed by atoms with E-state index in [1.54, 1.807) is 0 Å². The van der Waals surface area contributed by atoms with Crippen LogP contribution in [0.25, 0.3) is 0 Å². The first kappa shape index (κ1) is 12.9. The smallest absolute Gasteiger partial charge is 0.309 e. The Bertz CT molecular complexity index is 188. The largest absolute Gasteiger partial charge is 0.466 e. The summed E-state index contributed by atoms with van der Waals surface area (Å²) in [6, 6.07) is 0. The lowest BCUT2D eigenvalue weighted by molar-refractivity contribution is -0.146. The zero-order valence-electron chi connectivity index (χ0n) is 9.83. The van der Waals surface area contributed by atoms with Crippen molar-refractivity contribution in [3.8, 4) is 0 Å². The summed E-state index contributed by atoms with van der Waals surface area (Å²) in [6.45, 7) is 4.31. The summed E-state index contributed by atoms with van der Waals surface area (Å²) in [5.74, 6) is 3.05. The van der Waals surface area contributed by atoms with E-state index in [0.29, 0.717) is 6.61 Å². The van der Waals surface area contributed by atoms with Gasteiger partial charge in [0.15, 0.2) is 0 Å². The first-order chi connectivity index (χ1) is 7.24. The molecule has 0 amide bonds. The van der Waals surface area contributed by atoms with E-state index < -0.39 is 0 Å². The van der Waals surface area contributed by atoms with Crippen molar-refractivity contribution in [3.63, 3.8) is 0 Å². The molecule has 1 aliphatic carbocycles. The van der Waals surface area contributed by atoms with E-state index in [9.17, 15) is 4.79 Å². The van der Waals surface area contributed by atoms with E-state index in [0.717, 1.165) is 11.7 Å². The fraction of sp³-hybridized carbons (Fsp3) is 0.917. The number of thioether (sulfide) groups is 1. The SMILES string of the molecule is CCOC(=O)C(C)CSCC1CCCC1. The van der Waals surface area contributed by atoms with Gasteiger partial charge < -0.3 is 4.74 Å². The van der Waals surface area contributed by atoms with E-state index in [2.05, 4.69) is 0 Å². The van der Waals surface area contributed by atoms with Crippen LogP contribution in [0.3, 0.4) is 0 Å². The van der Waals surface area contributed by atoms with Gasteiger partial charge in [0.1, 0.15) is 0 Å². The molecule has 1 saturated carbocycles. The van der Waals surface area contributed by atoms with Gasteiger partial charge in [0.05, 0.1) is 12.5 Å². The number of esters is 1. The van der Waals surface area contributed by atoms with Gasteiger partial charge in [-0.2, -0.15) is 11.8 Å². The first-order valence-electron chi connectivity index (χ1n) is 5.98. The molecule has 0 radical (unpaired) electrons. The van der Waals surface area contributed by atoms with Gasteiger partial charge in [-0.1, -0.05) is 19.8 Å². The van der Waals surface area contributed by atoms with Crippen LogP contribution in [0.2, 0.25) is 0 Å². The molecule has 0 aromatic carbocycles. The molecule has 1 aliphatic rings. The second kappa shape index (κ2) is 7.15. The van der Waals surface area contributed by atoms with Gasteiger partial charge in [-0.05, 0) is 31.4 Å². The van der Waals surface area contributed by atoms with Crippen LogP contribution in [0, 0.1) is 11.8 Å². The van der Waals surface area contributed by atoms with Crippen molar-refractivity contribution < 1.29 is 9.53 Å². The second-order valence-electron chi connectivity index (χ2n) is 4.34. The molecule has 0 aromatic rings. The molecule has 88 valence electrons. The van der Waals surface area contributed by atoms with Crippen molar-refractivity contribution in [1.82, 2.24) is 0 Å². The molecule has 3 heteroatoms. The quantitative estimate of drug-likeness (QED) is 0.656. The lowest BCUT2D eigenvalue weighted by Crippen LogP contribution is -2.17. The Morgan fingerprint density at radius 2 is 2.13 bits per heavy atom. The monoisotopic (exact) mass is 230 g/mol. The zero-order chi connectivity index (χ0) is 11.1. The Morgan fingerprint density at radius 3 is 2.73 bits per heavy atom. The van der Waals surface area contributed by atoms with E-state index >= 15 is 0 Å². The van der Waals surface area contributed by atoms with Gasteiger partial charge in [-0.25, -0.2) is 0 Å². The lowest BCUT2D eigenvalue weighted by Gasteiger charge is -2.12. The van der Waals surface area contributed by atoms with Gasteiger partial charge in [0.2, 0.25) is 0 Å². The molecule has 1 fully saturated rings. The number of hydrogen-bond acceptors (Lipinski definition) is 3. The third-order valence-corrected chi connectivity index (χ3v) is 4.33. The average Bonchev–Trinajstić information content (AvgIpc) is 2.71. The van der Waals surface area contributed by atoms with Gasteiger partial charge in [-0.3, -0.25) is 4.79 Å². The molecule has 1 rings (SSSR count). The fourth-order valence-corrected chi connectivity index (χ4v) is 3.23. The van der Waals surface area contributed by atoms with Crippen LogP contribution < -0.4 is 0 Å². The summed E-state index contributed by atoms with van der Waals surface area (Å²) in [6.07, 6.45) is 5.58. The molecule has 0 N–H and O–H groups in total. The zero-order valence-corrected chi connectivity index (χ0v) is 10.6. The van der Waals surface area contributed by atoms with Gasteiger partial charge in [-0.15, -0.1) is 0 Å². The van der Waals surface area contributed by atoms with Crippen molar-refractivity contribution in [2.24, 2.45) is 11.8 Å². The molecule has 15 heavy (non-hydrogen) atoms. The van der Waals surface area contributed by atoms with Gasteiger partial charge in [0.25, 0.3) is 0 Å². The Hall–Kier alpha value is -0.180. The molecule has 0 heterocycles. The summed E-state index contributed by atoms with van der Waals surface area (Å²) >= 11 is 1.91. The molecule has 0 aromatic heterocycles. The highest BCUT2D eigenvalue weighted by Gasteiger charge is 2.17. The van der Waals surface area contributed by atoms with Gasteiger partial charge in [0, 0.05) is 5.75 Å². The Morgan fingerprint density at radius 1 is 1.47 bits per heavy atom. The normalized spacial score (nSPS) is 19.1. The Balaban J connectivity index is 2.05. The number of carbonyl (C=O) groups excluding carboxylic acids is 1. The molecule has 1 unspecified atom stereocenters. The van der Waals surface area contributed by atoms with Crippen molar-refractivity contribution in [2.45, 2.75) is 39.5 Å². The van der Waals surface area contributed by atoms with Crippen LogP contribution in [0.1, 0.15) is 39.5 Å². The van der Waals surface area contributed by atoms with Gasteiger partial charge >= 0.3 is 5.97 Å². The highest BCUT2D eigenvalue weighted by Crippen LogP contribution is 2.28. The number of hydrogen-bond donors (Lipinski definition) is 0. The summed E-state index contributed by atoms with van der Waals surface area (Å²) < 4.78 is 4.97. The third-order valence-electron chi connectivity index (χ3n) is 2.89. The van der Waals surface area contributed by atoms with E-state index in [1.165, 1.54) is 31.4 Å². The van der Waals surface area contributed by atoms with E-state index in [-0.39, 0.29) is 11.9 Å². The average molecular weight is 230 g/mol. The number of rotatable bonds is 6. The maximum atomic E-state index is 11.3. The highest BCUT2D eigenvalue weighted by molar-refractivity contribution is 7.99. The van der Waals surface area contributed by atoms with Crippen molar-refractivity contribution in [1.29, 1.82) is 0 Å². The maximum absolute atomic E-state index is 11.3. The molecule has 1 atom stereocenters. The van der Waals surface area contributed by atoms with Crippen molar-refractivity contribution in [2.75, 3.05) is 18.1 Å². The van der Waals surface area contributed by atoms with E-state index in [1.807, 2.05) is 25.6 Å². The number of ether oxygens (including phenoxy) is 1. The van der Waals surface area contributed by atoms with Crippen LogP contribution in [0.4, 0.5) is 0 Å². The fourth-order valence-electron chi connectivity index (χ4n) is 1.94. The number of carbonyl (C=O) groups is 1. The molecule has 2 nitrogen and oxygen atoms in total. The standard InChI is InChI=1S/C12H22O2S/c1-3-14-12(13)10(2)8-15-9-11-6-4-5-7-11/h10-11H,3-9H2,1-2H3. The summed E-state index contributed by atoms with van der Waals surface area (Å²) in [7, 11) is 0. The van der Waals surface area contributed by atoms with Crippen LogP contribution >= 0.6 is 11.8 Å². The van der Waals surface area contributed by atoms with Crippen LogP contribution in [0.5, 0.6) is 0 Å². The topological polar surface area (TPSA) is 26.3 Å². The Kier molecular flexibility index (Phi) is 6.15. The minimum absolute atomic E-state index is 0.0450. The van der Waals surface area contributed by atoms with Crippen LogP contribution in [-0.2, 0) is 9.53 Å². The van der Waals surface area contributed by atoms with Crippen LogP contribution in [0.15, 0.2) is 0 Å². The predicted molar refractivity (Wildman–Crippen MR) is 65.1 cm³/mol. The predicted octanol–water partition coefficient (Wildman–Crippen LogP) is 3.11. The summed E-state index contributed by atoms with van der Waals surface area (Å²) in [5.41, 5.74) is 0. The third kappa shape index (κ3) is 4.92. The highest BCUT2D eigenvalue weighted by atomic mass is 32.2. The molecule has 0 saturated heterocycles. The molecule has 0 spiro atoms. The minimum Gasteiger partial charge on any atom is -0.466 e. The second-order valence-corrected chi connectivity index (χ2v) is 5.42. The molecule has 0 bridgehead atoms. The Labute approximate surface area is 97.1 Å². The summed E-state index contributed by atoms with van der Waals surface area (Å²) in [5, 5.41) is 0. The van der Waals surface area contributed by atoms with Crippen molar-refractivity contribution in [3.05, 3.63) is 0 Å². The minimum atomic E-state index is -0.0450. The molecular weight excluding hydrogens is 208 g/mol. The van der Waals surface area contributed by atoms with Crippen molar-refractivity contribution >= 4 is 17.7 Å². The lowest BCUT2D eigenvalue weighted by atomic mass is 10.1. The van der Waals surface area contributed by atoms with Crippen LogP contribution in [-0.4, -0.2) is 24.1 Å². The first-order valence-corrected chi connectivity index (χ1v) is 7.14. The molecular formula is C12H22O2S. The van der Waals surface area contributed by atoms with E-state index in [4.69, 9.17) is 4.74 Å².